The van der Waals surface area contributed by atoms with Crippen LogP contribution in [0.2, 0.25) is 0 Å². The van der Waals surface area contributed by atoms with Gasteiger partial charge in [-0.15, -0.1) is 0 Å². The Morgan fingerprint density at radius 3 is 1.59 bits per heavy atom. The third-order valence-corrected chi connectivity index (χ3v) is 9.02. The first-order valence-corrected chi connectivity index (χ1v) is 11.7. The molecule has 0 N–H and O–H groups in total. The van der Waals surface area contributed by atoms with Crippen LogP contribution >= 0.6 is 0 Å². The van der Waals surface area contributed by atoms with E-state index in [9.17, 15) is 16.8 Å². The molecule has 0 fully saturated rings. The number of methoxy groups -OCH3 is 1. The van der Waals surface area contributed by atoms with Gasteiger partial charge in [0.15, 0.2) is 0 Å². The molecule has 0 aliphatic rings. The monoisotopic (exact) mass is 429 g/mol. The van der Waals surface area contributed by atoms with E-state index in [1.165, 1.54) is 31.4 Å². The SMILES string of the molecule is COc1ccc(N=CC(S(=O)(=O)c2ccccc2)S(=O)(=O)c2ccccc2)cc1. The summed E-state index contributed by atoms with van der Waals surface area (Å²) in [6, 6.07) is 21.5. The second-order valence-corrected chi connectivity index (χ2v) is 10.5. The molecule has 0 saturated heterocycles. The molecule has 3 rings (SSSR count). The number of benzene rings is 3. The molecular formula is C21H19NO5S2. The second kappa shape index (κ2) is 8.59. The van der Waals surface area contributed by atoms with Crippen LogP contribution in [0.25, 0.3) is 0 Å². The Morgan fingerprint density at radius 2 is 1.17 bits per heavy atom. The van der Waals surface area contributed by atoms with Gasteiger partial charge in [-0.25, -0.2) is 16.8 Å². The maximum Gasteiger partial charge on any atom is 0.206 e. The van der Waals surface area contributed by atoms with Gasteiger partial charge in [-0.1, -0.05) is 36.4 Å². The topological polar surface area (TPSA) is 89.9 Å². The van der Waals surface area contributed by atoms with Gasteiger partial charge in [0.2, 0.25) is 24.3 Å². The largest absolute Gasteiger partial charge is 0.497 e. The zero-order chi connectivity index (χ0) is 20.9. The van der Waals surface area contributed by atoms with Gasteiger partial charge in [-0.3, -0.25) is 4.99 Å². The molecule has 0 heterocycles. The molecule has 0 radical (unpaired) electrons. The molecule has 0 bridgehead atoms. The number of nitrogens with zero attached hydrogens (tertiary/aromatic N) is 1. The van der Waals surface area contributed by atoms with Crippen molar-refractivity contribution < 1.29 is 21.6 Å². The van der Waals surface area contributed by atoms with Crippen molar-refractivity contribution in [3.63, 3.8) is 0 Å². The fraction of sp³-hybridized carbons (Fsp3) is 0.0952. The van der Waals surface area contributed by atoms with Crippen molar-refractivity contribution in [1.29, 1.82) is 0 Å². The number of aliphatic imine (C=N–C) groups is 1. The Hall–Kier alpha value is -2.97. The Morgan fingerprint density at radius 1 is 0.724 bits per heavy atom. The lowest BCUT2D eigenvalue weighted by Crippen LogP contribution is -2.32. The molecule has 0 saturated carbocycles. The van der Waals surface area contributed by atoms with Crippen molar-refractivity contribution in [2.24, 2.45) is 4.99 Å². The minimum absolute atomic E-state index is 0.0920. The van der Waals surface area contributed by atoms with Crippen molar-refractivity contribution in [2.75, 3.05) is 7.11 Å². The van der Waals surface area contributed by atoms with Crippen LogP contribution in [0.1, 0.15) is 0 Å². The average molecular weight is 430 g/mol. The van der Waals surface area contributed by atoms with E-state index < -0.39 is 24.3 Å². The quantitative estimate of drug-likeness (QED) is 0.535. The highest BCUT2D eigenvalue weighted by molar-refractivity contribution is 8.10. The molecule has 8 heteroatoms. The van der Waals surface area contributed by atoms with Crippen LogP contribution in [0.5, 0.6) is 5.75 Å². The third-order valence-electron chi connectivity index (χ3n) is 4.17. The summed E-state index contributed by atoms with van der Waals surface area (Å²) < 4.78 is 55.9. The van der Waals surface area contributed by atoms with Gasteiger partial charge >= 0.3 is 0 Å². The van der Waals surface area contributed by atoms with E-state index >= 15 is 0 Å². The smallest absolute Gasteiger partial charge is 0.206 e. The summed E-state index contributed by atoms with van der Waals surface area (Å²) in [4.78, 5) is 3.94. The Balaban J connectivity index is 2.10. The second-order valence-electron chi connectivity index (χ2n) is 6.06. The standard InChI is InChI=1S/C21H19NO5S2/c1-27-18-14-12-17(13-15-18)22-16-21(28(23,24)19-8-4-2-5-9-19)29(25,26)20-10-6-3-7-11-20/h2-16,21H,1H3. The number of ether oxygens (including phenoxy) is 1. The summed E-state index contributed by atoms with van der Waals surface area (Å²) >= 11 is 0. The first-order chi connectivity index (χ1) is 13.9. The van der Waals surface area contributed by atoms with E-state index in [2.05, 4.69) is 4.99 Å². The van der Waals surface area contributed by atoms with E-state index in [1.807, 2.05) is 0 Å². The molecule has 0 spiro atoms. The molecule has 150 valence electrons. The van der Waals surface area contributed by atoms with Gasteiger partial charge in [0, 0.05) is 6.21 Å². The van der Waals surface area contributed by atoms with Gasteiger partial charge < -0.3 is 4.74 Å². The summed E-state index contributed by atoms with van der Waals surface area (Å²) in [5.41, 5.74) is 0.405. The van der Waals surface area contributed by atoms with E-state index in [1.54, 1.807) is 60.7 Å². The lowest BCUT2D eigenvalue weighted by Gasteiger charge is -2.15. The fourth-order valence-corrected chi connectivity index (χ4v) is 6.68. The highest BCUT2D eigenvalue weighted by atomic mass is 32.3. The lowest BCUT2D eigenvalue weighted by atomic mass is 10.3. The van der Waals surface area contributed by atoms with Crippen molar-refractivity contribution in [1.82, 2.24) is 0 Å². The van der Waals surface area contributed by atoms with Gasteiger partial charge in [-0.2, -0.15) is 0 Å². The minimum Gasteiger partial charge on any atom is -0.497 e. The van der Waals surface area contributed by atoms with Crippen LogP contribution in [0.3, 0.4) is 0 Å². The number of rotatable bonds is 7. The van der Waals surface area contributed by atoms with Gasteiger partial charge in [0.25, 0.3) is 0 Å². The van der Waals surface area contributed by atoms with Crippen LogP contribution in [0, 0.1) is 0 Å². The zero-order valence-corrected chi connectivity index (χ0v) is 17.2. The average Bonchev–Trinajstić information content (AvgIpc) is 2.75. The highest BCUT2D eigenvalue weighted by Crippen LogP contribution is 2.26. The summed E-state index contributed by atoms with van der Waals surface area (Å²) in [7, 11) is -6.98. The molecule has 29 heavy (non-hydrogen) atoms. The van der Waals surface area contributed by atoms with Crippen molar-refractivity contribution in [2.45, 2.75) is 14.4 Å². The molecular weight excluding hydrogens is 410 g/mol. The minimum atomic E-state index is -4.25. The molecule has 3 aromatic carbocycles. The normalized spacial score (nSPS) is 12.3. The van der Waals surface area contributed by atoms with Crippen LogP contribution in [0.4, 0.5) is 5.69 Å². The summed E-state index contributed by atoms with van der Waals surface area (Å²) in [5.74, 6) is 0.606. The molecule has 0 atom stereocenters. The molecule has 6 nitrogen and oxygen atoms in total. The lowest BCUT2D eigenvalue weighted by molar-refractivity contribution is 0.415. The molecule has 0 aliphatic heterocycles. The Bertz CT molecular complexity index is 1120. The number of sulfone groups is 2. The maximum atomic E-state index is 13.2. The maximum absolute atomic E-state index is 13.2. The van der Waals surface area contributed by atoms with Gasteiger partial charge in [-0.05, 0) is 48.5 Å². The number of hydrogen-bond donors (Lipinski definition) is 0. The van der Waals surface area contributed by atoms with E-state index in [-0.39, 0.29) is 9.79 Å². The molecule has 3 aromatic rings. The van der Waals surface area contributed by atoms with E-state index in [0.717, 1.165) is 6.21 Å². The van der Waals surface area contributed by atoms with Gasteiger partial charge in [0.05, 0.1) is 22.6 Å². The predicted octanol–water partition coefficient (Wildman–Crippen LogP) is 3.67. The predicted molar refractivity (Wildman–Crippen MR) is 112 cm³/mol. The summed E-state index contributed by atoms with van der Waals surface area (Å²) in [6.07, 6.45) is 0.965. The molecule has 0 amide bonds. The van der Waals surface area contributed by atoms with E-state index in [0.29, 0.717) is 11.4 Å². The summed E-state index contributed by atoms with van der Waals surface area (Å²) in [5, 5.41) is 0. The van der Waals surface area contributed by atoms with E-state index in [4.69, 9.17) is 4.74 Å². The fourth-order valence-electron chi connectivity index (χ4n) is 2.63. The molecule has 0 unspecified atom stereocenters. The highest BCUT2D eigenvalue weighted by Gasteiger charge is 2.38. The first kappa shape index (κ1) is 20.8. The number of hydrogen-bond acceptors (Lipinski definition) is 6. The Kier molecular flexibility index (Phi) is 6.14. The first-order valence-electron chi connectivity index (χ1n) is 8.62. The summed E-state index contributed by atoms with van der Waals surface area (Å²) in [6.45, 7) is 0. The van der Waals surface area contributed by atoms with Crippen LogP contribution in [-0.2, 0) is 19.7 Å². The Labute approximate surface area is 170 Å². The van der Waals surface area contributed by atoms with Crippen LogP contribution < -0.4 is 4.74 Å². The van der Waals surface area contributed by atoms with Crippen LogP contribution in [-0.4, -0.2) is 34.7 Å². The molecule has 0 aliphatic carbocycles. The third kappa shape index (κ3) is 4.55. The van der Waals surface area contributed by atoms with Crippen molar-refractivity contribution >= 4 is 31.6 Å². The van der Waals surface area contributed by atoms with Crippen LogP contribution in [0.15, 0.2) is 99.7 Å². The van der Waals surface area contributed by atoms with Crippen molar-refractivity contribution in [3.8, 4) is 5.75 Å². The zero-order valence-electron chi connectivity index (χ0n) is 15.5. The van der Waals surface area contributed by atoms with Gasteiger partial charge in [0.1, 0.15) is 5.75 Å². The molecule has 0 aromatic heterocycles. The van der Waals surface area contributed by atoms with Crippen molar-refractivity contribution in [3.05, 3.63) is 84.9 Å².